The molecule has 2 fully saturated rings. The van der Waals surface area contributed by atoms with E-state index >= 15 is 0 Å². The van der Waals surface area contributed by atoms with Crippen LogP contribution in [-0.4, -0.2) is 87.5 Å². The summed E-state index contributed by atoms with van der Waals surface area (Å²) in [7, 11) is -3.74. The summed E-state index contributed by atoms with van der Waals surface area (Å²) in [6, 6.07) is 4.28. The molecule has 0 bridgehead atoms. The van der Waals surface area contributed by atoms with Crippen LogP contribution >= 0.6 is 0 Å². The molecule has 0 aliphatic carbocycles. The summed E-state index contributed by atoms with van der Waals surface area (Å²) in [6.45, 7) is 6.94. The molecule has 31 heavy (non-hydrogen) atoms. The number of hydrogen-bond donors (Lipinski definition) is 0. The van der Waals surface area contributed by atoms with Crippen LogP contribution < -0.4 is 4.90 Å². The molecule has 2 aliphatic heterocycles. The van der Waals surface area contributed by atoms with Crippen molar-refractivity contribution >= 4 is 33.6 Å². The minimum Gasteiger partial charge on any atom is -0.447 e. The van der Waals surface area contributed by atoms with Crippen molar-refractivity contribution in [3.63, 3.8) is 0 Å². The van der Waals surface area contributed by atoms with E-state index in [4.69, 9.17) is 9.47 Å². The Kier molecular flexibility index (Phi) is 6.17. The van der Waals surface area contributed by atoms with Gasteiger partial charge >= 0.3 is 12.2 Å². The minimum absolute atomic E-state index is 0.0320. The lowest BCUT2D eigenvalue weighted by Gasteiger charge is -2.35. The van der Waals surface area contributed by atoms with E-state index in [0.717, 1.165) is 6.26 Å². The molecule has 3 rings (SSSR count). The van der Waals surface area contributed by atoms with Crippen LogP contribution in [0.4, 0.5) is 15.3 Å². The number of carbonyl (C=O) groups excluding carboxylic acids is 3. The van der Waals surface area contributed by atoms with Gasteiger partial charge in [-0.1, -0.05) is 0 Å². The normalized spacial score (nSPS) is 17.5. The first kappa shape index (κ1) is 22.9. The van der Waals surface area contributed by atoms with Crippen LogP contribution in [0.3, 0.4) is 0 Å². The predicted molar refractivity (Wildman–Crippen MR) is 112 cm³/mol. The molecule has 0 saturated carbocycles. The zero-order valence-electron chi connectivity index (χ0n) is 18.1. The van der Waals surface area contributed by atoms with Crippen LogP contribution in [-0.2, 0) is 19.3 Å². The van der Waals surface area contributed by atoms with Gasteiger partial charge in [0, 0.05) is 38.1 Å². The summed E-state index contributed by atoms with van der Waals surface area (Å²) in [5.74, 6) is -0.445. The number of benzene rings is 1. The Bertz CT molecular complexity index is 993. The molecule has 0 N–H and O–H groups in total. The van der Waals surface area contributed by atoms with E-state index in [1.807, 2.05) is 0 Å². The molecule has 0 atom stereocenters. The van der Waals surface area contributed by atoms with E-state index < -0.39 is 33.5 Å². The number of cyclic esters (lactones) is 1. The Morgan fingerprint density at radius 2 is 1.65 bits per heavy atom. The zero-order valence-corrected chi connectivity index (χ0v) is 18.9. The summed E-state index contributed by atoms with van der Waals surface area (Å²) in [4.78, 5) is 41.3. The SMILES string of the molecule is CC(C)(C)OC(=O)N1CCN(C(=O)c2ccc(N3CCOC3=O)cc2S(C)(=O)=O)CC1. The van der Waals surface area contributed by atoms with Gasteiger partial charge < -0.3 is 19.3 Å². The highest BCUT2D eigenvalue weighted by molar-refractivity contribution is 7.90. The second-order valence-electron chi connectivity index (χ2n) is 8.48. The second-order valence-corrected chi connectivity index (χ2v) is 10.5. The van der Waals surface area contributed by atoms with E-state index in [2.05, 4.69) is 0 Å². The average Bonchev–Trinajstić information content (AvgIpc) is 3.11. The fourth-order valence-corrected chi connectivity index (χ4v) is 4.27. The number of piperazine rings is 1. The summed E-state index contributed by atoms with van der Waals surface area (Å²) in [5, 5.41) is 0. The van der Waals surface area contributed by atoms with Crippen molar-refractivity contribution in [2.45, 2.75) is 31.3 Å². The van der Waals surface area contributed by atoms with E-state index in [-0.39, 0.29) is 43.2 Å². The highest BCUT2D eigenvalue weighted by Gasteiger charge is 2.31. The molecular weight excluding hydrogens is 426 g/mol. The van der Waals surface area contributed by atoms with Crippen molar-refractivity contribution in [2.75, 3.05) is 50.5 Å². The summed E-state index contributed by atoms with van der Waals surface area (Å²) < 4.78 is 35.0. The smallest absolute Gasteiger partial charge is 0.414 e. The largest absolute Gasteiger partial charge is 0.447 e. The van der Waals surface area contributed by atoms with Gasteiger partial charge in [0.2, 0.25) is 0 Å². The number of hydrogen-bond acceptors (Lipinski definition) is 7. The van der Waals surface area contributed by atoms with Crippen molar-refractivity contribution in [1.29, 1.82) is 0 Å². The summed E-state index contributed by atoms with van der Waals surface area (Å²) in [6.07, 6.45) is 0.0149. The molecule has 0 unspecified atom stereocenters. The molecule has 2 heterocycles. The molecule has 0 radical (unpaired) electrons. The number of carbonyl (C=O) groups is 3. The number of rotatable bonds is 3. The van der Waals surface area contributed by atoms with Crippen LogP contribution in [0.2, 0.25) is 0 Å². The number of ether oxygens (including phenoxy) is 2. The lowest BCUT2D eigenvalue weighted by Crippen LogP contribution is -2.51. The molecular formula is C20H27N3O7S. The number of sulfone groups is 1. The number of amides is 3. The predicted octanol–water partition coefficient (Wildman–Crippen LogP) is 1.74. The molecule has 170 valence electrons. The fourth-order valence-electron chi connectivity index (χ4n) is 3.38. The fraction of sp³-hybridized carbons (Fsp3) is 0.550. The lowest BCUT2D eigenvalue weighted by atomic mass is 10.1. The molecule has 2 aliphatic rings. The van der Waals surface area contributed by atoms with Gasteiger partial charge in [-0.15, -0.1) is 0 Å². The third-order valence-corrected chi connectivity index (χ3v) is 6.02. The maximum atomic E-state index is 13.1. The van der Waals surface area contributed by atoms with Crippen LogP contribution in [0.15, 0.2) is 23.1 Å². The molecule has 10 nitrogen and oxygen atoms in total. The van der Waals surface area contributed by atoms with Crippen LogP contribution in [0.1, 0.15) is 31.1 Å². The Hall–Kier alpha value is -2.82. The maximum Gasteiger partial charge on any atom is 0.414 e. The monoisotopic (exact) mass is 453 g/mol. The Morgan fingerprint density at radius 3 is 2.16 bits per heavy atom. The van der Waals surface area contributed by atoms with Crippen molar-refractivity contribution < 1.29 is 32.3 Å². The first-order valence-electron chi connectivity index (χ1n) is 9.92. The summed E-state index contributed by atoms with van der Waals surface area (Å²) in [5.41, 5.74) is -0.225. The van der Waals surface area contributed by atoms with Crippen molar-refractivity contribution in [1.82, 2.24) is 9.80 Å². The Balaban J connectivity index is 1.77. The molecule has 0 aromatic heterocycles. The summed E-state index contributed by atoms with van der Waals surface area (Å²) >= 11 is 0. The Morgan fingerprint density at radius 1 is 1.03 bits per heavy atom. The highest BCUT2D eigenvalue weighted by atomic mass is 32.2. The van der Waals surface area contributed by atoms with Gasteiger partial charge in [-0.05, 0) is 39.0 Å². The molecule has 1 aromatic carbocycles. The van der Waals surface area contributed by atoms with Gasteiger partial charge in [-0.25, -0.2) is 18.0 Å². The molecule has 3 amide bonds. The topological polar surface area (TPSA) is 114 Å². The average molecular weight is 454 g/mol. The number of nitrogens with zero attached hydrogens (tertiary/aromatic N) is 3. The van der Waals surface area contributed by atoms with E-state index in [1.165, 1.54) is 32.9 Å². The molecule has 11 heteroatoms. The van der Waals surface area contributed by atoms with Crippen molar-refractivity contribution in [2.24, 2.45) is 0 Å². The van der Waals surface area contributed by atoms with Crippen molar-refractivity contribution in [3.05, 3.63) is 23.8 Å². The van der Waals surface area contributed by atoms with Crippen LogP contribution in [0, 0.1) is 0 Å². The molecule has 0 spiro atoms. The zero-order chi connectivity index (χ0) is 23.0. The van der Waals surface area contributed by atoms with Gasteiger partial charge in [0.1, 0.15) is 12.2 Å². The van der Waals surface area contributed by atoms with E-state index in [9.17, 15) is 22.8 Å². The lowest BCUT2D eigenvalue weighted by molar-refractivity contribution is 0.0140. The van der Waals surface area contributed by atoms with Gasteiger partial charge in [0.15, 0.2) is 9.84 Å². The second kappa shape index (κ2) is 8.37. The molecule has 2 saturated heterocycles. The third kappa shape index (κ3) is 5.27. The minimum atomic E-state index is -3.74. The molecule has 1 aromatic rings. The number of anilines is 1. The van der Waals surface area contributed by atoms with E-state index in [1.54, 1.807) is 20.8 Å². The first-order chi connectivity index (χ1) is 14.4. The van der Waals surface area contributed by atoms with Crippen LogP contribution in [0.5, 0.6) is 0 Å². The van der Waals surface area contributed by atoms with Gasteiger partial charge in [-0.3, -0.25) is 9.69 Å². The highest BCUT2D eigenvalue weighted by Crippen LogP contribution is 2.27. The standard InChI is InChI=1S/C20H27N3O7S/c1-20(2,3)30-18(25)22-9-7-21(8-10-22)17(24)15-6-5-14(13-16(15)31(4,27)28)23-11-12-29-19(23)26/h5-6,13H,7-12H2,1-4H3. The maximum absolute atomic E-state index is 13.1. The van der Waals surface area contributed by atoms with Crippen molar-refractivity contribution in [3.8, 4) is 0 Å². The van der Waals surface area contributed by atoms with E-state index in [0.29, 0.717) is 12.2 Å². The Labute approximate surface area is 181 Å². The van der Waals surface area contributed by atoms with Gasteiger partial charge in [0.25, 0.3) is 5.91 Å². The van der Waals surface area contributed by atoms with Gasteiger partial charge in [0.05, 0.1) is 17.0 Å². The third-order valence-electron chi connectivity index (χ3n) is 4.89. The van der Waals surface area contributed by atoms with Crippen LogP contribution in [0.25, 0.3) is 0 Å². The quantitative estimate of drug-likeness (QED) is 0.685. The first-order valence-corrected chi connectivity index (χ1v) is 11.8. The van der Waals surface area contributed by atoms with Gasteiger partial charge in [-0.2, -0.15) is 0 Å².